The second-order valence-electron chi connectivity index (χ2n) is 4.79. The zero-order valence-corrected chi connectivity index (χ0v) is 11.4. The average molecular weight is 259 g/mol. The highest BCUT2D eigenvalue weighted by Gasteiger charge is 2.16. The first-order valence-electron chi connectivity index (χ1n) is 6.18. The van der Waals surface area contributed by atoms with Crippen LogP contribution in [-0.4, -0.2) is 4.98 Å². The molecule has 0 amide bonds. The van der Waals surface area contributed by atoms with Gasteiger partial charge in [-0.05, 0) is 55.7 Å². The molecule has 3 nitrogen and oxygen atoms in total. The monoisotopic (exact) mass is 259 g/mol. The predicted octanol–water partition coefficient (Wildman–Crippen LogP) is 2.70. The molecule has 3 N–H and O–H groups in total. The zero-order valence-electron chi connectivity index (χ0n) is 11.4. The number of nitrogens with two attached hydrogens (primary N) is 1. The van der Waals surface area contributed by atoms with E-state index >= 15 is 0 Å². The van der Waals surface area contributed by atoms with Gasteiger partial charge >= 0.3 is 0 Å². The Balaban J connectivity index is 2.49. The van der Waals surface area contributed by atoms with Gasteiger partial charge in [-0.25, -0.2) is 9.82 Å². The first-order valence-corrected chi connectivity index (χ1v) is 6.18. The van der Waals surface area contributed by atoms with Crippen molar-refractivity contribution in [2.45, 2.75) is 26.8 Å². The van der Waals surface area contributed by atoms with Crippen molar-refractivity contribution in [1.82, 2.24) is 10.4 Å². The van der Waals surface area contributed by atoms with Gasteiger partial charge < -0.3 is 0 Å². The summed E-state index contributed by atoms with van der Waals surface area (Å²) in [4.78, 5) is 4.42. The number of hydrogen-bond donors (Lipinski definition) is 2. The summed E-state index contributed by atoms with van der Waals surface area (Å²) in [6, 6.07) is 8.56. The van der Waals surface area contributed by atoms with Crippen LogP contribution in [0, 0.1) is 26.6 Å². The van der Waals surface area contributed by atoms with Crippen LogP contribution in [0.5, 0.6) is 0 Å². The molecule has 1 atom stereocenters. The molecule has 0 saturated carbocycles. The molecule has 0 bridgehead atoms. The topological polar surface area (TPSA) is 50.9 Å². The summed E-state index contributed by atoms with van der Waals surface area (Å²) in [6.45, 7) is 5.73. The standard InChI is InChI=1S/C15H18FN3/c1-9-6-12(8-13(16)7-9)15(19-17)14-5-4-10(2)18-11(14)3/h4-8,15,19H,17H2,1-3H3. The predicted molar refractivity (Wildman–Crippen MR) is 74.0 cm³/mol. The second kappa shape index (κ2) is 5.47. The van der Waals surface area contributed by atoms with E-state index < -0.39 is 0 Å². The molecule has 0 radical (unpaired) electrons. The summed E-state index contributed by atoms with van der Waals surface area (Å²) in [7, 11) is 0. The number of pyridine rings is 1. The van der Waals surface area contributed by atoms with E-state index in [2.05, 4.69) is 10.4 Å². The lowest BCUT2D eigenvalue weighted by Gasteiger charge is -2.19. The summed E-state index contributed by atoms with van der Waals surface area (Å²) in [6.07, 6.45) is 0. The van der Waals surface area contributed by atoms with Crippen LogP contribution >= 0.6 is 0 Å². The molecule has 19 heavy (non-hydrogen) atoms. The van der Waals surface area contributed by atoms with Crippen molar-refractivity contribution in [3.8, 4) is 0 Å². The lowest BCUT2D eigenvalue weighted by atomic mass is 9.96. The van der Waals surface area contributed by atoms with E-state index in [4.69, 9.17) is 5.84 Å². The first kappa shape index (κ1) is 13.6. The van der Waals surface area contributed by atoms with Crippen molar-refractivity contribution in [3.63, 3.8) is 0 Å². The minimum Gasteiger partial charge on any atom is -0.271 e. The highest BCUT2D eigenvalue weighted by Crippen LogP contribution is 2.25. The van der Waals surface area contributed by atoms with Crippen molar-refractivity contribution in [2.75, 3.05) is 0 Å². The number of nitrogens with one attached hydrogen (secondary N) is 1. The molecule has 1 aromatic carbocycles. The lowest BCUT2D eigenvalue weighted by molar-refractivity contribution is 0.601. The second-order valence-corrected chi connectivity index (χ2v) is 4.79. The normalized spacial score (nSPS) is 12.5. The fourth-order valence-electron chi connectivity index (χ4n) is 2.30. The van der Waals surface area contributed by atoms with Gasteiger partial charge in [-0.1, -0.05) is 12.1 Å². The van der Waals surface area contributed by atoms with E-state index in [0.717, 1.165) is 28.1 Å². The maximum atomic E-state index is 13.5. The molecule has 0 fully saturated rings. The molecule has 1 heterocycles. The van der Waals surface area contributed by atoms with E-state index in [1.54, 1.807) is 0 Å². The van der Waals surface area contributed by atoms with Gasteiger partial charge in [-0.3, -0.25) is 10.8 Å². The molecule has 1 unspecified atom stereocenters. The van der Waals surface area contributed by atoms with E-state index in [1.165, 1.54) is 12.1 Å². The largest absolute Gasteiger partial charge is 0.271 e. The Hall–Kier alpha value is -1.78. The van der Waals surface area contributed by atoms with Gasteiger partial charge in [0.1, 0.15) is 5.82 Å². The number of aromatic nitrogens is 1. The number of benzene rings is 1. The fraction of sp³-hybridized carbons (Fsp3) is 0.267. The summed E-state index contributed by atoms with van der Waals surface area (Å²) in [5.74, 6) is 5.39. The number of nitrogens with zero attached hydrogens (tertiary/aromatic N) is 1. The Kier molecular flexibility index (Phi) is 3.93. The van der Waals surface area contributed by atoms with Crippen LogP contribution in [0.1, 0.15) is 34.1 Å². The Morgan fingerprint density at radius 2 is 1.89 bits per heavy atom. The third-order valence-electron chi connectivity index (χ3n) is 3.14. The van der Waals surface area contributed by atoms with Crippen molar-refractivity contribution >= 4 is 0 Å². The van der Waals surface area contributed by atoms with Crippen molar-refractivity contribution in [3.05, 3.63) is 64.2 Å². The average Bonchev–Trinajstić information content (AvgIpc) is 2.31. The van der Waals surface area contributed by atoms with Gasteiger partial charge in [0.25, 0.3) is 0 Å². The fourth-order valence-corrected chi connectivity index (χ4v) is 2.30. The van der Waals surface area contributed by atoms with E-state index in [-0.39, 0.29) is 11.9 Å². The number of rotatable bonds is 3. The van der Waals surface area contributed by atoms with Gasteiger partial charge in [0.2, 0.25) is 0 Å². The molecule has 0 aliphatic heterocycles. The maximum Gasteiger partial charge on any atom is 0.123 e. The minimum absolute atomic E-state index is 0.257. The van der Waals surface area contributed by atoms with Crippen LogP contribution in [0.3, 0.4) is 0 Å². The number of hydrogen-bond acceptors (Lipinski definition) is 3. The molecule has 0 spiro atoms. The molecule has 2 rings (SSSR count). The first-order chi connectivity index (χ1) is 9.01. The van der Waals surface area contributed by atoms with Crippen molar-refractivity contribution < 1.29 is 4.39 Å². The van der Waals surface area contributed by atoms with Crippen LogP contribution < -0.4 is 11.3 Å². The Bertz CT molecular complexity index is 576. The maximum absolute atomic E-state index is 13.5. The highest BCUT2D eigenvalue weighted by molar-refractivity contribution is 5.36. The lowest BCUT2D eigenvalue weighted by Crippen LogP contribution is -2.29. The Morgan fingerprint density at radius 1 is 1.16 bits per heavy atom. The molecule has 1 aromatic heterocycles. The number of aryl methyl sites for hydroxylation is 3. The summed E-state index contributed by atoms with van der Waals surface area (Å²) < 4.78 is 13.5. The molecule has 2 aromatic rings. The van der Waals surface area contributed by atoms with Crippen molar-refractivity contribution in [1.29, 1.82) is 0 Å². The smallest absolute Gasteiger partial charge is 0.123 e. The minimum atomic E-state index is -0.262. The summed E-state index contributed by atoms with van der Waals surface area (Å²) in [5.41, 5.74) is 7.21. The molecule has 0 aliphatic carbocycles. The molecule has 0 aliphatic rings. The third kappa shape index (κ3) is 2.97. The number of hydrazine groups is 1. The molecular formula is C15H18FN3. The molecule has 0 saturated heterocycles. The quantitative estimate of drug-likeness (QED) is 0.658. The van der Waals surface area contributed by atoms with Gasteiger partial charge in [0.15, 0.2) is 0 Å². The van der Waals surface area contributed by atoms with Crippen molar-refractivity contribution in [2.24, 2.45) is 5.84 Å². The van der Waals surface area contributed by atoms with Gasteiger partial charge in [0, 0.05) is 11.4 Å². The Morgan fingerprint density at radius 3 is 2.47 bits per heavy atom. The zero-order chi connectivity index (χ0) is 14.0. The van der Waals surface area contributed by atoms with Gasteiger partial charge in [-0.15, -0.1) is 0 Å². The molecule has 4 heteroatoms. The Labute approximate surface area is 112 Å². The third-order valence-corrected chi connectivity index (χ3v) is 3.14. The molecular weight excluding hydrogens is 241 g/mol. The van der Waals surface area contributed by atoms with Crippen LogP contribution in [0.2, 0.25) is 0 Å². The van der Waals surface area contributed by atoms with Gasteiger partial charge in [0.05, 0.1) is 6.04 Å². The van der Waals surface area contributed by atoms with Gasteiger partial charge in [-0.2, -0.15) is 0 Å². The van der Waals surface area contributed by atoms with Crippen LogP contribution in [0.15, 0.2) is 30.3 Å². The summed E-state index contributed by atoms with van der Waals surface area (Å²) >= 11 is 0. The van der Waals surface area contributed by atoms with E-state index in [1.807, 2.05) is 39.0 Å². The van der Waals surface area contributed by atoms with Crippen LogP contribution in [0.4, 0.5) is 4.39 Å². The van der Waals surface area contributed by atoms with E-state index in [0.29, 0.717) is 0 Å². The highest BCUT2D eigenvalue weighted by atomic mass is 19.1. The molecule has 100 valence electrons. The number of halogens is 1. The van der Waals surface area contributed by atoms with Crippen LogP contribution in [0.25, 0.3) is 0 Å². The van der Waals surface area contributed by atoms with E-state index in [9.17, 15) is 4.39 Å². The van der Waals surface area contributed by atoms with Crippen LogP contribution in [-0.2, 0) is 0 Å². The SMILES string of the molecule is Cc1cc(F)cc(C(NN)c2ccc(C)nc2C)c1. The summed E-state index contributed by atoms with van der Waals surface area (Å²) in [5, 5.41) is 0.